The molecule has 4 amide bonds. The average molecular weight is 611 g/mol. The fraction of sp³-hybridized carbons (Fsp3) is 0.222. The van der Waals surface area contributed by atoms with Crippen LogP contribution in [0.2, 0.25) is 0 Å². The maximum absolute atomic E-state index is 14.8. The number of anilines is 1. The summed E-state index contributed by atoms with van der Waals surface area (Å²) in [5.41, 5.74) is 5.05. The van der Waals surface area contributed by atoms with E-state index in [1.54, 1.807) is 70.2 Å². The summed E-state index contributed by atoms with van der Waals surface area (Å²) in [4.78, 5) is 54.0. The predicted molar refractivity (Wildman–Crippen MR) is 164 cm³/mol. The first-order chi connectivity index (χ1) is 21.1. The van der Waals surface area contributed by atoms with Gasteiger partial charge in [0.15, 0.2) is 0 Å². The lowest BCUT2D eigenvalue weighted by molar-refractivity contribution is -0.141. The SMILES string of the molecule is Cc1cc(C)c(C(c2c(C)cc(N3C(=O)c4ccc(-c5ccc6c(c5)C(=O)N(C)C6=O)cc4C3=O)cc2C)C(F)(F)F)c(C)c1. The number of halogens is 3. The van der Waals surface area contributed by atoms with Crippen LogP contribution in [0, 0.1) is 34.6 Å². The van der Waals surface area contributed by atoms with E-state index in [4.69, 9.17) is 0 Å². The predicted octanol–water partition coefficient (Wildman–Crippen LogP) is 7.62. The van der Waals surface area contributed by atoms with E-state index in [9.17, 15) is 32.3 Å². The lowest BCUT2D eigenvalue weighted by Crippen LogP contribution is -2.30. The van der Waals surface area contributed by atoms with Gasteiger partial charge in [-0.2, -0.15) is 13.2 Å². The van der Waals surface area contributed by atoms with Gasteiger partial charge in [-0.3, -0.25) is 24.1 Å². The van der Waals surface area contributed by atoms with E-state index in [1.807, 2.05) is 6.92 Å². The number of imide groups is 2. The number of amides is 4. The number of benzene rings is 4. The van der Waals surface area contributed by atoms with Gasteiger partial charge < -0.3 is 0 Å². The van der Waals surface area contributed by atoms with Crippen LogP contribution in [0.3, 0.4) is 0 Å². The minimum Gasteiger partial charge on any atom is -0.277 e. The van der Waals surface area contributed by atoms with E-state index in [2.05, 4.69) is 0 Å². The molecule has 0 spiro atoms. The van der Waals surface area contributed by atoms with Crippen LogP contribution in [0.5, 0.6) is 0 Å². The Morgan fingerprint density at radius 3 is 1.44 bits per heavy atom. The number of hydrogen-bond donors (Lipinski definition) is 0. The molecule has 0 N–H and O–H groups in total. The first-order valence-corrected chi connectivity index (χ1v) is 14.4. The summed E-state index contributed by atoms with van der Waals surface area (Å²) in [6.07, 6.45) is -4.58. The van der Waals surface area contributed by atoms with Crippen molar-refractivity contribution >= 4 is 29.3 Å². The van der Waals surface area contributed by atoms with E-state index in [1.165, 1.54) is 25.2 Å². The van der Waals surface area contributed by atoms with Crippen LogP contribution in [0.1, 0.15) is 86.3 Å². The van der Waals surface area contributed by atoms with Gasteiger partial charge in [0, 0.05) is 7.05 Å². The molecule has 4 aromatic rings. The van der Waals surface area contributed by atoms with Crippen LogP contribution in [0.4, 0.5) is 18.9 Å². The first kappa shape index (κ1) is 30.0. The molecule has 2 aliphatic heterocycles. The summed E-state index contributed by atoms with van der Waals surface area (Å²) < 4.78 is 44.3. The summed E-state index contributed by atoms with van der Waals surface area (Å²) >= 11 is 0. The number of fused-ring (bicyclic) bond motifs is 2. The van der Waals surface area contributed by atoms with Crippen molar-refractivity contribution in [2.75, 3.05) is 11.9 Å². The van der Waals surface area contributed by atoms with Crippen molar-refractivity contribution < 1.29 is 32.3 Å². The highest BCUT2D eigenvalue weighted by Gasteiger charge is 2.45. The second-order valence-corrected chi connectivity index (χ2v) is 11.9. The Morgan fingerprint density at radius 1 is 0.556 bits per heavy atom. The van der Waals surface area contributed by atoms with Crippen LogP contribution in [-0.2, 0) is 0 Å². The Balaban J connectivity index is 1.38. The van der Waals surface area contributed by atoms with Gasteiger partial charge in [-0.15, -0.1) is 0 Å². The van der Waals surface area contributed by atoms with Gasteiger partial charge in [-0.1, -0.05) is 29.8 Å². The van der Waals surface area contributed by atoms with Crippen LogP contribution in [-0.4, -0.2) is 41.8 Å². The molecular weight excluding hydrogens is 581 g/mol. The molecule has 1 unspecified atom stereocenters. The molecule has 6 nitrogen and oxygen atoms in total. The van der Waals surface area contributed by atoms with Gasteiger partial charge in [0.25, 0.3) is 23.6 Å². The third-order valence-corrected chi connectivity index (χ3v) is 8.79. The van der Waals surface area contributed by atoms with Gasteiger partial charge in [-0.05, 0) is 116 Å². The largest absolute Gasteiger partial charge is 0.399 e. The molecule has 4 aromatic carbocycles. The van der Waals surface area contributed by atoms with Crippen molar-refractivity contribution in [3.63, 3.8) is 0 Å². The third-order valence-electron chi connectivity index (χ3n) is 8.79. The molecule has 1 atom stereocenters. The van der Waals surface area contributed by atoms with E-state index >= 15 is 0 Å². The zero-order valence-electron chi connectivity index (χ0n) is 25.5. The van der Waals surface area contributed by atoms with Gasteiger partial charge in [0.2, 0.25) is 0 Å². The van der Waals surface area contributed by atoms with Gasteiger partial charge in [0.1, 0.15) is 5.92 Å². The zero-order valence-corrected chi connectivity index (χ0v) is 25.5. The second-order valence-electron chi connectivity index (χ2n) is 11.9. The van der Waals surface area contributed by atoms with Crippen molar-refractivity contribution in [2.45, 2.75) is 46.7 Å². The van der Waals surface area contributed by atoms with Crippen LogP contribution >= 0.6 is 0 Å². The highest BCUT2D eigenvalue weighted by molar-refractivity contribution is 6.34. The summed E-state index contributed by atoms with van der Waals surface area (Å²) in [6, 6.07) is 15.9. The molecule has 9 heteroatoms. The molecule has 2 aliphatic rings. The fourth-order valence-electron chi connectivity index (χ4n) is 6.85. The number of carbonyl (C=O) groups excluding carboxylic acids is 4. The second kappa shape index (κ2) is 10.3. The van der Waals surface area contributed by atoms with Gasteiger partial charge in [-0.25, -0.2) is 4.90 Å². The highest BCUT2D eigenvalue weighted by atomic mass is 19.4. The van der Waals surface area contributed by atoms with Crippen LogP contribution < -0.4 is 4.90 Å². The lowest BCUT2D eigenvalue weighted by atomic mass is 9.80. The summed E-state index contributed by atoms with van der Waals surface area (Å²) in [7, 11) is 1.41. The monoisotopic (exact) mass is 610 g/mol. The first-order valence-electron chi connectivity index (χ1n) is 14.4. The minimum absolute atomic E-state index is 0.0930. The maximum atomic E-state index is 14.8. The molecule has 45 heavy (non-hydrogen) atoms. The van der Waals surface area contributed by atoms with Crippen molar-refractivity contribution in [1.82, 2.24) is 4.90 Å². The third kappa shape index (κ3) is 4.65. The fourth-order valence-corrected chi connectivity index (χ4v) is 6.85. The molecule has 2 heterocycles. The van der Waals surface area contributed by atoms with E-state index in [0.29, 0.717) is 38.9 Å². The highest BCUT2D eigenvalue weighted by Crippen LogP contribution is 2.46. The minimum atomic E-state index is -4.58. The van der Waals surface area contributed by atoms with Crippen LogP contribution in [0.25, 0.3) is 11.1 Å². The summed E-state index contributed by atoms with van der Waals surface area (Å²) in [5.74, 6) is -3.89. The lowest BCUT2D eigenvalue weighted by Gasteiger charge is -2.29. The molecule has 0 saturated heterocycles. The van der Waals surface area contributed by atoms with Crippen molar-refractivity contribution in [1.29, 1.82) is 0 Å². The molecule has 0 bridgehead atoms. The molecule has 0 aromatic heterocycles. The van der Waals surface area contributed by atoms with Crippen molar-refractivity contribution in [2.24, 2.45) is 0 Å². The molecule has 6 rings (SSSR count). The van der Waals surface area contributed by atoms with Crippen molar-refractivity contribution in [3.8, 4) is 11.1 Å². The van der Waals surface area contributed by atoms with E-state index < -0.39 is 35.7 Å². The topological polar surface area (TPSA) is 74.8 Å². The van der Waals surface area contributed by atoms with Crippen LogP contribution in [0.15, 0.2) is 60.7 Å². The number of hydrogen-bond acceptors (Lipinski definition) is 4. The normalized spacial score (nSPS) is 15.2. The smallest absolute Gasteiger partial charge is 0.277 e. The summed E-state index contributed by atoms with van der Waals surface area (Å²) in [6.45, 7) is 8.34. The van der Waals surface area contributed by atoms with Gasteiger partial charge >= 0.3 is 6.18 Å². The quantitative estimate of drug-likeness (QED) is 0.223. The molecule has 228 valence electrons. The number of rotatable bonds is 4. The molecule has 0 saturated carbocycles. The number of aryl methyl sites for hydroxylation is 5. The average Bonchev–Trinajstić information content (AvgIpc) is 3.33. The van der Waals surface area contributed by atoms with E-state index in [-0.39, 0.29) is 33.5 Å². The Kier molecular flexibility index (Phi) is 6.84. The Bertz CT molecular complexity index is 1960. The molecule has 0 radical (unpaired) electrons. The number of carbonyl (C=O) groups is 4. The number of alkyl halides is 3. The molecule has 0 fully saturated rings. The van der Waals surface area contributed by atoms with Gasteiger partial charge in [0.05, 0.1) is 27.9 Å². The molecular formula is C36H29F3N2O4. The summed E-state index contributed by atoms with van der Waals surface area (Å²) in [5, 5.41) is 0. The van der Waals surface area contributed by atoms with Crippen molar-refractivity contribution in [3.05, 3.63) is 122 Å². The number of nitrogens with zero attached hydrogens (tertiary/aromatic N) is 2. The maximum Gasteiger partial charge on any atom is 0.399 e. The Labute approximate surface area is 258 Å². The zero-order chi connectivity index (χ0) is 32.7. The molecule has 0 aliphatic carbocycles. The van der Waals surface area contributed by atoms with E-state index in [0.717, 1.165) is 15.4 Å². The standard InChI is InChI=1S/C36H29F3N2O4/c1-17-11-18(2)29(19(3)12-17)31(36(37,38)39)30-20(4)13-24(14-21(30)5)41-34(44)26-10-8-23(16-28(26)35(41)45)22-7-9-25-27(15-22)33(43)40(6)32(25)42/h7-16,31H,1-6H3. The Hall–Kier alpha value is -5.05. The Morgan fingerprint density at radius 2 is 0.956 bits per heavy atom.